The first-order valence-corrected chi connectivity index (χ1v) is 9.15. The molecule has 3 aromatic rings. The molecule has 0 unspecified atom stereocenters. The fourth-order valence-electron chi connectivity index (χ4n) is 2.89. The highest BCUT2D eigenvalue weighted by Crippen LogP contribution is 2.27. The van der Waals surface area contributed by atoms with E-state index in [0.29, 0.717) is 5.56 Å². The van der Waals surface area contributed by atoms with Gasteiger partial charge in [0.1, 0.15) is 5.75 Å². The number of anilines is 2. The Hall–Kier alpha value is -3.08. The Labute approximate surface area is 159 Å². The molecule has 5 nitrogen and oxygen atoms in total. The predicted molar refractivity (Wildman–Crippen MR) is 107 cm³/mol. The van der Waals surface area contributed by atoms with Gasteiger partial charge in [0.15, 0.2) is 5.69 Å². The molecule has 3 rings (SSSR count). The van der Waals surface area contributed by atoms with Crippen molar-refractivity contribution in [2.45, 2.75) is 26.7 Å². The summed E-state index contributed by atoms with van der Waals surface area (Å²) in [5, 5.41) is 4.36. The van der Waals surface area contributed by atoms with E-state index in [2.05, 4.69) is 17.2 Å². The largest absolute Gasteiger partial charge is 0.494 e. The zero-order chi connectivity index (χ0) is 19.2. The van der Waals surface area contributed by atoms with E-state index in [4.69, 9.17) is 9.47 Å². The second-order valence-electron chi connectivity index (χ2n) is 6.47. The van der Waals surface area contributed by atoms with Crippen LogP contribution in [0.25, 0.3) is 10.9 Å². The second-order valence-corrected chi connectivity index (χ2v) is 6.47. The van der Waals surface area contributed by atoms with E-state index in [0.717, 1.165) is 53.2 Å². The number of hydrogen-bond acceptors (Lipinski definition) is 4. The van der Waals surface area contributed by atoms with Crippen molar-refractivity contribution < 1.29 is 19.3 Å². The lowest BCUT2D eigenvalue weighted by Gasteiger charge is -2.11. The SMILES string of the molecule is CCCCOc1ccc(Nc2cc(C)[nH+]c3ccc(C(=O)OC)cc23)cc1. The van der Waals surface area contributed by atoms with Crippen molar-refractivity contribution in [3.63, 3.8) is 0 Å². The van der Waals surface area contributed by atoms with Gasteiger partial charge in [0, 0.05) is 24.7 Å². The number of ether oxygens (including phenoxy) is 2. The fourth-order valence-corrected chi connectivity index (χ4v) is 2.89. The summed E-state index contributed by atoms with van der Waals surface area (Å²) in [6, 6.07) is 15.4. The topological polar surface area (TPSA) is 61.7 Å². The summed E-state index contributed by atoms with van der Waals surface area (Å²) in [5.74, 6) is 0.515. The Morgan fingerprint density at radius 1 is 1.11 bits per heavy atom. The minimum absolute atomic E-state index is 0.350. The van der Waals surface area contributed by atoms with E-state index < -0.39 is 0 Å². The van der Waals surface area contributed by atoms with E-state index in [-0.39, 0.29) is 5.97 Å². The minimum Gasteiger partial charge on any atom is -0.494 e. The van der Waals surface area contributed by atoms with E-state index in [1.807, 2.05) is 49.4 Å². The summed E-state index contributed by atoms with van der Waals surface area (Å²) < 4.78 is 10.5. The van der Waals surface area contributed by atoms with Crippen molar-refractivity contribution in [3.05, 3.63) is 59.8 Å². The minimum atomic E-state index is -0.350. The number of aryl methyl sites for hydroxylation is 1. The molecule has 2 aromatic carbocycles. The Bertz CT molecular complexity index is 936. The first-order chi connectivity index (χ1) is 13.1. The molecule has 0 aliphatic carbocycles. The van der Waals surface area contributed by atoms with E-state index in [9.17, 15) is 4.79 Å². The van der Waals surface area contributed by atoms with Crippen molar-refractivity contribution in [1.82, 2.24) is 0 Å². The molecule has 0 fully saturated rings. The number of nitrogens with one attached hydrogen (secondary N) is 2. The van der Waals surface area contributed by atoms with Crippen molar-refractivity contribution in [1.29, 1.82) is 0 Å². The Kier molecular flexibility index (Phi) is 5.91. The molecule has 1 aromatic heterocycles. The first-order valence-electron chi connectivity index (χ1n) is 9.15. The average molecular weight is 365 g/mol. The highest BCUT2D eigenvalue weighted by Gasteiger charge is 2.14. The molecule has 0 amide bonds. The lowest BCUT2D eigenvalue weighted by molar-refractivity contribution is -0.354. The average Bonchev–Trinajstić information content (AvgIpc) is 2.68. The summed E-state index contributed by atoms with van der Waals surface area (Å²) in [7, 11) is 1.39. The Morgan fingerprint density at radius 2 is 1.89 bits per heavy atom. The van der Waals surface area contributed by atoms with Crippen LogP contribution < -0.4 is 15.0 Å². The van der Waals surface area contributed by atoms with Gasteiger partial charge in [0.2, 0.25) is 5.52 Å². The van der Waals surface area contributed by atoms with Gasteiger partial charge in [-0.3, -0.25) is 0 Å². The van der Waals surface area contributed by atoms with Gasteiger partial charge < -0.3 is 14.8 Å². The number of benzene rings is 2. The van der Waals surface area contributed by atoms with Gasteiger partial charge in [-0.15, -0.1) is 0 Å². The molecule has 0 radical (unpaired) electrons. The molecule has 5 heteroatoms. The lowest BCUT2D eigenvalue weighted by Crippen LogP contribution is -2.11. The van der Waals surface area contributed by atoms with Crippen LogP contribution in [0.15, 0.2) is 48.5 Å². The molecule has 0 aliphatic heterocycles. The number of aromatic nitrogens is 1. The number of unbranched alkanes of at least 4 members (excludes halogenated alkanes) is 1. The highest BCUT2D eigenvalue weighted by molar-refractivity contribution is 5.98. The maximum absolute atomic E-state index is 11.9. The van der Waals surface area contributed by atoms with E-state index >= 15 is 0 Å². The lowest BCUT2D eigenvalue weighted by atomic mass is 10.1. The van der Waals surface area contributed by atoms with Crippen LogP contribution in [0.1, 0.15) is 35.8 Å². The third-order valence-corrected chi connectivity index (χ3v) is 4.32. The number of rotatable bonds is 7. The van der Waals surface area contributed by atoms with Gasteiger partial charge >= 0.3 is 5.97 Å². The quantitative estimate of drug-likeness (QED) is 0.488. The van der Waals surface area contributed by atoms with Crippen molar-refractivity contribution >= 4 is 28.2 Å². The Balaban J connectivity index is 1.88. The number of H-pyrrole nitrogens is 1. The number of carbonyl (C=O) groups excluding carboxylic acids is 1. The maximum Gasteiger partial charge on any atom is 0.337 e. The molecule has 0 aliphatic rings. The molecule has 27 heavy (non-hydrogen) atoms. The predicted octanol–water partition coefficient (Wildman–Crippen LogP) is 4.67. The van der Waals surface area contributed by atoms with E-state index in [1.165, 1.54) is 7.11 Å². The van der Waals surface area contributed by atoms with Gasteiger partial charge in [0.05, 0.1) is 30.4 Å². The molecule has 0 atom stereocenters. The number of hydrogen-bond donors (Lipinski definition) is 1. The monoisotopic (exact) mass is 365 g/mol. The summed E-state index contributed by atoms with van der Waals surface area (Å²) in [6.45, 7) is 4.88. The van der Waals surface area contributed by atoms with Crippen LogP contribution in [0.4, 0.5) is 11.4 Å². The van der Waals surface area contributed by atoms with Crippen LogP contribution in [0, 0.1) is 6.92 Å². The van der Waals surface area contributed by atoms with Crippen LogP contribution >= 0.6 is 0 Å². The van der Waals surface area contributed by atoms with Crippen molar-refractivity contribution in [3.8, 4) is 5.75 Å². The molecule has 0 spiro atoms. The number of pyridine rings is 1. The molecule has 0 bridgehead atoms. The van der Waals surface area contributed by atoms with Crippen LogP contribution in [0.3, 0.4) is 0 Å². The number of aromatic amines is 1. The van der Waals surface area contributed by atoms with Gasteiger partial charge in [-0.25, -0.2) is 9.78 Å². The van der Waals surface area contributed by atoms with Crippen molar-refractivity contribution in [2.75, 3.05) is 19.0 Å². The molecular formula is C22H25N2O3+. The molecular weight excluding hydrogens is 340 g/mol. The zero-order valence-corrected chi connectivity index (χ0v) is 16.0. The van der Waals surface area contributed by atoms with Crippen molar-refractivity contribution in [2.24, 2.45) is 0 Å². The third-order valence-electron chi connectivity index (χ3n) is 4.32. The molecule has 0 saturated heterocycles. The smallest absolute Gasteiger partial charge is 0.337 e. The summed E-state index contributed by atoms with van der Waals surface area (Å²) in [4.78, 5) is 15.2. The zero-order valence-electron chi connectivity index (χ0n) is 16.0. The number of carbonyl (C=O) groups is 1. The molecule has 140 valence electrons. The highest BCUT2D eigenvalue weighted by atomic mass is 16.5. The van der Waals surface area contributed by atoms with Crippen LogP contribution in [-0.2, 0) is 4.74 Å². The van der Waals surface area contributed by atoms with Gasteiger partial charge in [0.25, 0.3) is 0 Å². The second kappa shape index (κ2) is 8.54. The van der Waals surface area contributed by atoms with Gasteiger partial charge in [-0.05, 0) is 42.8 Å². The number of esters is 1. The van der Waals surface area contributed by atoms with Gasteiger partial charge in [-0.2, -0.15) is 0 Å². The standard InChI is InChI=1S/C22H24N2O3/c1-4-5-12-27-18-9-7-17(8-10-18)24-21-13-15(2)23-20-11-6-16(14-19(20)21)22(25)26-3/h6-11,13-14H,4-5,12H2,1-3H3,(H,23,24)/p+1. The molecule has 1 heterocycles. The summed E-state index contributed by atoms with van der Waals surface area (Å²) in [6.07, 6.45) is 2.17. The normalized spacial score (nSPS) is 10.6. The fraction of sp³-hybridized carbons (Fsp3) is 0.273. The van der Waals surface area contributed by atoms with Crippen LogP contribution in [-0.4, -0.2) is 19.7 Å². The van der Waals surface area contributed by atoms with Gasteiger partial charge in [-0.1, -0.05) is 13.3 Å². The third kappa shape index (κ3) is 4.56. The van der Waals surface area contributed by atoms with E-state index in [1.54, 1.807) is 6.07 Å². The maximum atomic E-state index is 11.9. The number of fused-ring (bicyclic) bond motifs is 1. The Morgan fingerprint density at radius 3 is 2.59 bits per heavy atom. The summed E-state index contributed by atoms with van der Waals surface area (Å²) in [5.41, 5.74) is 4.37. The molecule has 0 saturated carbocycles. The number of methoxy groups -OCH3 is 1. The molecule has 2 N–H and O–H groups in total. The van der Waals surface area contributed by atoms with Crippen LogP contribution in [0.2, 0.25) is 0 Å². The van der Waals surface area contributed by atoms with Crippen LogP contribution in [0.5, 0.6) is 5.75 Å². The summed E-state index contributed by atoms with van der Waals surface area (Å²) >= 11 is 0. The first kappa shape index (κ1) is 18.7.